The van der Waals surface area contributed by atoms with Crippen molar-refractivity contribution >= 4 is 0 Å². The van der Waals surface area contributed by atoms with E-state index in [1.165, 1.54) is 5.56 Å². The quantitative estimate of drug-likeness (QED) is 0.827. The largest absolute Gasteiger partial charge is 0.496 e. The Kier molecular flexibility index (Phi) is 5.29. The minimum atomic E-state index is 0.273. The van der Waals surface area contributed by atoms with E-state index in [4.69, 9.17) is 15.2 Å². The van der Waals surface area contributed by atoms with E-state index < -0.39 is 0 Å². The highest BCUT2D eigenvalue weighted by molar-refractivity contribution is 5.48. The molecule has 0 aliphatic carbocycles. The summed E-state index contributed by atoms with van der Waals surface area (Å²) in [4.78, 5) is 0. The summed E-state index contributed by atoms with van der Waals surface area (Å²) < 4.78 is 10.9. The normalized spacial score (nSPS) is 12.3. The Hall–Kier alpha value is -1.22. The Balaban J connectivity index is 3.22. The van der Waals surface area contributed by atoms with Crippen LogP contribution >= 0.6 is 0 Å². The third-order valence-electron chi connectivity index (χ3n) is 3.04. The molecule has 1 aromatic rings. The molecule has 1 unspecified atom stereocenters. The molecule has 0 radical (unpaired) electrons. The van der Waals surface area contributed by atoms with Gasteiger partial charge in [0.05, 0.1) is 14.2 Å². The minimum absolute atomic E-state index is 0.273. The van der Waals surface area contributed by atoms with Crippen molar-refractivity contribution in [3.05, 3.63) is 23.3 Å². The molecule has 3 heteroatoms. The van der Waals surface area contributed by atoms with Crippen molar-refractivity contribution in [3.63, 3.8) is 0 Å². The molecule has 96 valence electrons. The Morgan fingerprint density at radius 3 is 2.29 bits per heavy atom. The van der Waals surface area contributed by atoms with Crippen molar-refractivity contribution in [2.45, 2.75) is 32.6 Å². The molecule has 1 rings (SSSR count). The number of benzene rings is 1. The van der Waals surface area contributed by atoms with Crippen molar-refractivity contribution < 1.29 is 9.47 Å². The molecular weight excluding hydrogens is 214 g/mol. The van der Waals surface area contributed by atoms with Crippen LogP contribution in [0.5, 0.6) is 11.5 Å². The molecule has 0 heterocycles. The molecule has 2 N–H and O–H groups in total. The third kappa shape index (κ3) is 3.13. The lowest BCUT2D eigenvalue weighted by molar-refractivity contribution is 0.392. The number of rotatable bonds is 6. The average molecular weight is 237 g/mol. The lowest BCUT2D eigenvalue weighted by atomic mass is 9.96. The van der Waals surface area contributed by atoms with E-state index in [1.807, 2.05) is 0 Å². The summed E-state index contributed by atoms with van der Waals surface area (Å²) in [5, 5.41) is 0. The molecule has 0 aliphatic heterocycles. The summed E-state index contributed by atoms with van der Waals surface area (Å²) in [6.45, 7) is 4.85. The van der Waals surface area contributed by atoms with E-state index in [9.17, 15) is 0 Å². The van der Waals surface area contributed by atoms with Gasteiger partial charge in [-0.3, -0.25) is 0 Å². The Labute approximate surface area is 104 Å². The summed E-state index contributed by atoms with van der Waals surface area (Å²) in [5.74, 6) is 2.12. The zero-order valence-electron chi connectivity index (χ0n) is 11.2. The molecule has 0 saturated carbocycles. The van der Waals surface area contributed by atoms with Gasteiger partial charge in [0.15, 0.2) is 0 Å². The van der Waals surface area contributed by atoms with Gasteiger partial charge in [0, 0.05) is 5.56 Å². The number of methoxy groups -OCH3 is 2. The van der Waals surface area contributed by atoms with E-state index in [1.54, 1.807) is 14.2 Å². The van der Waals surface area contributed by atoms with Crippen LogP contribution in [0.1, 0.15) is 37.3 Å². The lowest BCUT2D eigenvalue weighted by Gasteiger charge is -2.18. The minimum Gasteiger partial charge on any atom is -0.496 e. The van der Waals surface area contributed by atoms with Gasteiger partial charge in [-0.05, 0) is 36.6 Å². The second-order valence-electron chi connectivity index (χ2n) is 4.29. The molecule has 17 heavy (non-hydrogen) atoms. The maximum atomic E-state index is 5.72. The van der Waals surface area contributed by atoms with Gasteiger partial charge in [0.2, 0.25) is 0 Å². The smallest absolute Gasteiger partial charge is 0.122 e. The van der Waals surface area contributed by atoms with Crippen LogP contribution in [-0.2, 0) is 6.42 Å². The molecule has 0 aliphatic rings. The van der Waals surface area contributed by atoms with E-state index in [0.29, 0.717) is 6.54 Å². The molecule has 0 saturated heterocycles. The van der Waals surface area contributed by atoms with Gasteiger partial charge in [-0.2, -0.15) is 0 Å². The van der Waals surface area contributed by atoms with Crippen LogP contribution in [0, 0.1) is 0 Å². The van der Waals surface area contributed by atoms with Crippen LogP contribution in [0.15, 0.2) is 12.1 Å². The van der Waals surface area contributed by atoms with Crippen LogP contribution in [0.4, 0.5) is 0 Å². The number of aryl methyl sites for hydroxylation is 1. The summed E-state index contributed by atoms with van der Waals surface area (Å²) in [6, 6.07) is 4.13. The van der Waals surface area contributed by atoms with Gasteiger partial charge in [0.1, 0.15) is 11.5 Å². The lowest BCUT2D eigenvalue weighted by Crippen LogP contribution is -2.11. The molecule has 0 amide bonds. The monoisotopic (exact) mass is 237 g/mol. The predicted molar refractivity (Wildman–Crippen MR) is 71.0 cm³/mol. The molecule has 3 nitrogen and oxygen atoms in total. The first-order valence-electron chi connectivity index (χ1n) is 6.12. The van der Waals surface area contributed by atoms with Crippen LogP contribution in [-0.4, -0.2) is 20.8 Å². The highest BCUT2D eigenvalue weighted by atomic mass is 16.5. The maximum absolute atomic E-state index is 5.72. The number of hydrogen-bond acceptors (Lipinski definition) is 3. The number of hydrogen-bond donors (Lipinski definition) is 1. The van der Waals surface area contributed by atoms with Gasteiger partial charge < -0.3 is 15.2 Å². The first-order chi connectivity index (χ1) is 8.17. The Bertz CT molecular complexity index is 363. The second kappa shape index (κ2) is 6.50. The molecular formula is C14H23NO2. The van der Waals surface area contributed by atoms with E-state index in [0.717, 1.165) is 29.9 Å². The zero-order chi connectivity index (χ0) is 12.8. The van der Waals surface area contributed by atoms with Crippen LogP contribution in [0.3, 0.4) is 0 Å². The van der Waals surface area contributed by atoms with Gasteiger partial charge in [0.25, 0.3) is 0 Å². The van der Waals surface area contributed by atoms with Crippen molar-refractivity contribution in [3.8, 4) is 11.5 Å². The first kappa shape index (κ1) is 13.8. The fourth-order valence-corrected chi connectivity index (χ4v) is 1.96. The summed E-state index contributed by atoms with van der Waals surface area (Å²) in [6.07, 6.45) is 2.09. The molecule has 1 atom stereocenters. The van der Waals surface area contributed by atoms with E-state index in [2.05, 4.69) is 26.0 Å². The van der Waals surface area contributed by atoms with E-state index in [-0.39, 0.29) is 5.92 Å². The standard InChI is InChI=1S/C14H23NO2/c1-5-6-11-7-14(17-4)12(10(2)9-15)8-13(11)16-3/h7-8,10H,5-6,9,15H2,1-4H3. The number of nitrogens with two attached hydrogens (primary N) is 1. The second-order valence-corrected chi connectivity index (χ2v) is 4.29. The number of ether oxygens (including phenoxy) is 2. The van der Waals surface area contributed by atoms with Crippen molar-refractivity contribution in [1.29, 1.82) is 0 Å². The first-order valence-corrected chi connectivity index (χ1v) is 6.12. The molecule has 0 bridgehead atoms. The van der Waals surface area contributed by atoms with Crippen molar-refractivity contribution in [2.75, 3.05) is 20.8 Å². The zero-order valence-corrected chi connectivity index (χ0v) is 11.2. The summed E-state index contributed by atoms with van der Waals surface area (Å²) in [5.41, 5.74) is 8.03. The molecule has 1 aromatic carbocycles. The molecule has 0 spiro atoms. The summed E-state index contributed by atoms with van der Waals surface area (Å²) >= 11 is 0. The van der Waals surface area contributed by atoms with Gasteiger partial charge in [-0.15, -0.1) is 0 Å². The highest BCUT2D eigenvalue weighted by Crippen LogP contribution is 2.33. The van der Waals surface area contributed by atoms with E-state index >= 15 is 0 Å². The molecule has 0 fully saturated rings. The predicted octanol–water partition coefficient (Wildman–Crippen LogP) is 2.72. The van der Waals surface area contributed by atoms with Crippen molar-refractivity contribution in [2.24, 2.45) is 5.73 Å². The Morgan fingerprint density at radius 1 is 1.18 bits per heavy atom. The van der Waals surface area contributed by atoms with Crippen LogP contribution in [0.2, 0.25) is 0 Å². The average Bonchev–Trinajstić information content (AvgIpc) is 2.37. The van der Waals surface area contributed by atoms with Gasteiger partial charge in [-0.1, -0.05) is 20.3 Å². The van der Waals surface area contributed by atoms with Gasteiger partial charge in [-0.25, -0.2) is 0 Å². The highest BCUT2D eigenvalue weighted by Gasteiger charge is 2.14. The van der Waals surface area contributed by atoms with Gasteiger partial charge >= 0.3 is 0 Å². The summed E-state index contributed by atoms with van der Waals surface area (Å²) in [7, 11) is 3.40. The van der Waals surface area contributed by atoms with Crippen LogP contribution in [0.25, 0.3) is 0 Å². The fourth-order valence-electron chi connectivity index (χ4n) is 1.96. The Morgan fingerprint density at radius 2 is 1.82 bits per heavy atom. The fraction of sp³-hybridized carbons (Fsp3) is 0.571. The van der Waals surface area contributed by atoms with Crippen molar-refractivity contribution in [1.82, 2.24) is 0 Å². The van der Waals surface area contributed by atoms with Crippen LogP contribution < -0.4 is 15.2 Å². The maximum Gasteiger partial charge on any atom is 0.122 e. The third-order valence-corrected chi connectivity index (χ3v) is 3.04. The molecule has 0 aromatic heterocycles. The SMILES string of the molecule is CCCc1cc(OC)c(C(C)CN)cc1OC. The topological polar surface area (TPSA) is 44.5 Å².